The first kappa shape index (κ1) is 19.4. The second-order valence-electron chi connectivity index (χ2n) is 5.50. The van der Waals surface area contributed by atoms with E-state index in [1.165, 1.54) is 4.68 Å². The highest BCUT2D eigenvalue weighted by atomic mass is 35.5. The van der Waals surface area contributed by atoms with E-state index in [1.807, 2.05) is 12.1 Å². The third kappa shape index (κ3) is 4.32. The van der Waals surface area contributed by atoms with Crippen LogP contribution >= 0.6 is 35.4 Å². The second kappa shape index (κ2) is 8.56. The predicted octanol–water partition coefficient (Wildman–Crippen LogP) is 5.03. The van der Waals surface area contributed by atoms with E-state index in [1.54, 1.807) is 44.5 Å². The third-order valence-corrected chi connectivity index (χ3v) is 4.75. The Morgan fingerprint density at radius 1 is 1.22 bits per heavy atom. The minimum absolute atomic E-state index is 0.184. The predicted molar refractivity (Wildman–Crippen MR) is 109 cm³/mol. The molecule has 0 fully saturated rings. The molecule has 0 unspecified atom stereocenters. The lowest BCUT2D eigenvalue weighted by atomic mass is 10.2. The van der Waals surface area contributed by atoms with Crippen LogP contribution in [0, 0.1) is 11.7 Å². The molecule has 1 N–H and O–H groups in total. The SMILES string of the molecule is COc1cccc(/C=N/n2c(C)n[nH]c2=S)c1OCc1c(Cl)cccc1Cl. The van der Waals surface area contributed by atoms with Crippen molar-refractivity contribution in [3.8, 4) is 11.5 Å². The summed E-state index contributed by atoms with van der Waals surface area (Å²) in [6.07, 6.45) is 1.63. The van der Waals surface area contributed by atoms with E-state index in [2.05, 4.69) is 15.3 Å². The van der Waals surface area contributed by atoms with Gasteiger partial charge in [-0.25, -0.2) is 0 Å². The first-order valence-electron chi connectivity index (χ1n) is 7.92. The second-order valence-corrected chi connectivity index (χ2v) is 6.70. The fraction of sp³-hybridized carbons (Fsp3) is 0.167. The largest absolute Gasteiger partial charge is 0.493 e. The van der Waals surface area contributed by atoms with Crippen molar-refractivity contribution in [3.05, 3.63) is 68.2 Å². The number of aryl methyl sites for hydroxylation is 1. The Morgan fingerprint density at radius 3 is 2.56 bits per heavy atom. The molecule has 3 aromatic rings. The van der Waals surface area contributed by atoms with E-state index >= 15 is 0 Å². The van der Waals surface area contributed by atoms with E-state index in [9.17, 15) is 0 Å². The quantitative estimate of drug-likeness (QED) is 0.447. The van der Waals surface area contributed by atoms with E-state index in [0.29, 0.717) is 43.3 Å². The normalized spacial score (nSPS) is 11.1. The number of ether oxygens (including phenoxy) is 2. The van der Waals surface area contributed by atoms with Gasteiger partial charge in [0.2, 0.25) is 4.77 Å². The Morgan fingerprint density at radius 2 is 1.93 bits per heavy atom. The molecule has 0 aliphatic carbocycles. The highest BCUT2D eigenvalue weighted by Crippen LogP contribution is 2.33. The van der Waals surface area contributed by atoms with Crippen LogP contribution in [0.5, 0.6) is 11.5 Å². The van der Waals surface area contributed by atoms with Gasteiger partial charge in [-0.05, 0) is 43.4 Å². The zero-order valence-corrected chi connectivity index (χ0v) is 16.9. The standard InChI is InChI=1S/C18H16Cl2N4O2S/c1-11-22-23-18(27)24(11)21-9-12-5-3-8-16(25-2)17(12)26-10-13-14(19)6-4-7-15(13)20/h3-9H,10H2,1-2H3,(H,23,27)/b21-9+. The zero-order chi connectivity index (χ0) is 19.4. The maximum Gasteiger partial charge on any atom is 0.216 e. The van der Waals surface area contributed by atoms with Crippen molar-refractivity contribution in [1.82, 2.24) is 14.9 Å². The Hall–Kier alpha value is -2.35. The van der Waals surface area contributed by atoms with Gasteiger partial charge in [-0.15, -0.1) is 0 Å². The Bertz CT molecular complexity index is 1030. The van der Waals surface area contributed by atoms with Gasteiger partial charge in [-0.1, -0.05) is 35.3 Å². The highest BCUT2D eigenvalue weighted by molar-refractivity contribution is 7.71. The van der Waals surface area contributed by atoms with Gasteiger partial charge in [0.15, 0.2) is 11.5 Å². The first-order chi connectivity index (χ1) is 13.0. The molecule has 2 aromatic carbocycles. The first-order valence-corrected chi connectivity index (χ1v) is 9.08. The van der Waals surface area contributed by atoms with Crippen LogP contribution in [0.3, 0.4) is 0 Å². The van der Waals surface area contributed by atoms with Crippen molar-refractivity contribution in [1.29, 1.82) is 0 Å². The fourth-order valence-corrected chi connectivity index (χ4v) is 3.12. The summed E-state index contributed by atoms with van der Waals surface area (Å²) in [5, 5.41) is 12.2. The van der Waals surface area contributed by atoms with Crippen LogP contribution in [0.25, 0.3) is 0 Å². The number of nitrogens with zero attached hydrogens (tertiary/aromatic N) is 3. The third-order valence-electron chi connectivity index (χ3n) is 3.78. The number of methoxy groups -OCH3 is 1. The molecule has 0 aliphatic rings. The number of para-hydroxylation sites is 1. The summed E-state index contributed by atoms with van der Waals surface area (Å²) >= 11 is 17.6. The lowest BCUT2D eigenvalue weighted by Gasteiger charge is -2.14. The van der Waals surface area contributed by atoms with E-state index in [0.717, 1.165) is 0 Å². The lowest BCUT2D eigenvalue weighted by Crippen LogP contribution is -2.03. The number of aromatic nitrogens is 3. The summed E-state index contributed by atoms with van der Waals surface area (Å²) in [6.45, 7) is 1.98. The molecule has 0 radical (unpaired) electrons. The van der Waals surface area contributed by atoms with Crippen LogP contribution in [0.1, 0.15) is 17.0 Å². The van der Waals surface area contributed by atoms with Crippen molar-refractivity contribution in [2.45, 2.75) is 13.5 Å². The van der Waals surface area contributed by atoms with Gasteiger partial charge in [0.25, 0.3) is 0 Å². The molecule has 1 aromatic heterocycles. The Balaban J connectivity index is 1.93. The van der Waals surface area contributed by atoms with Gasteiger partial charge in [-0.2, -0.15) is 14.9 Å². The van der Waals surface area contributed by atoms with Crippen LogP contribution < -0.4 is 9.47 Å². The average molecular weight is 423 g/mol. The molecule has 6 nitrogen and oxygen atoms in total. The number of halogens is 2. The van der Waals surface area contributed by atoms with Crippen molar-refractivity contribution < 1.29 is 9.47 Å². The average Bonchev–Trinajstić information content (AvgIpc) is 2.97. The molecule has 140 valence electrons. The van der Waals surface area contributed by atoms with E-state index < -0.39 is 0 Å². The van der Waals surface area contributed by atoms with Crippen LogP contribution in [0.15, 0.2) is 41.5 Å². The zero-order valence-electron chi connectivity index (χ0n) is 14.6. The number of hydrogen-bond acceptors (Lipinski definition) is 5. The number of benzene rings is 2. The van der Waals surface area contributed by atoms with E-state index in [-0.39, 0.29) is 6.61 Å². The molecule has 1 heterocycles. The van der Waals surface area contributed by atoms with Crippen LogP contribution in [-0.2, 0) is 6.61 Å². The van der Waals surface area contributed by atoms with Crippen LogP contribution in [0.2, 0.25) is 10.0 Å². The minimum Gasteiger partial charge on any atom is -0.493 e. The van der Waals surface area contributed by atoms with Crippen LogP contribution in [0.4, 0.5) is 0 Å². The molecule has 27 heavy (non-hydrogen) atoms. The number of hydrogen-bond donors (Lipinski definition) is 1. The van der Waals surface area contributed by atoms with Gasteiger partial charge in [-0.3, -0.25) is 5.10 Å². The molecule has 3 rings (SSSR count). The summed E-state index contributed by atoms with van der Waals surface area (Å²) in [6, 6.07) is 10.8. The smallest absolute Gasteiger partial charge is 0.216 e. The molecule has 0 aliphatic heterocycles. The van der Waals surface area contributed by atoms with Gasteiger partial charge >= 0.3 is 0 Å². The summed E-state index contributed by atoms with van der Waals surface area (Å²) in [4.78, 5) is 0. The van der Waals surface area contributed by atoms with Gasteiger partial charge in [0, 0.05) is 21.2 Å². The van der Waals surface area contributed by atoms with Crippen LogP contribution in [-0.4, -0.2) is 28.2 Å². The molecular weight excluding hydrogens is 407 g/mol. The van der Waals surface area contributed by atoms with Crippen molar-refractivity contribution in [3.63, 3.8) is 0 Å². The van der Waals surface area contributed by atoms with Crippen molar-refractivity contribution in [2.75, 3.05) is 7.11 Å². The highest BCUT2D eigenvalue weighted by Gasteiger charge is 2.13. The number of H-pyrrole nitrogens is 1. The van der Waals surface area contributed by atoms with Gasteiger partial charge in [0.1, 0.15) is 12.4 Å². The lowest BCUT2D eigenvalue weighted by molar-refractivity contribution is 0.284. The summed E-state index contributed by atoms with van der Waals surface area (Å²) in [7, 11) is 1.57. The fourth-order valence-electron chi connectivity index (χ4n) is 2.39. The summed E-state index contributed by atoms with van der Waals surface area (Å²) in [5.74, 6) is 1.73. The monoisotopic (exact) mass is 422 g/mol. The minimum atomic E-state index is 0.184. The topological polar surface area (TPSA) is 64.4 Å². The van der Waals surface area contributed by atoms with Gasteiger partial charge < -0.3 is 9.47 Å². The molecule has 0 saturated carbocycles. The molecule has 9 heteroatoms. The number of rotatable bonds is 6. The molecule has 0 spiro atoms. The van der Waals surface area contributed by atoms with Gasteiger partial charge in [0.05, 0.1) is 13.3 Å². The molecular formula is C18H16Cl2N4O2S. The Labute approximate surface area is 171 Å². The molecule has 0 bridgehead atoms. The summed E-state index contributed by atoms with van der Waals surface area (Å²) < 4.78 is 13.3. The number of aromatic amines is 1. The van der Waals surface area contributed by atoms with E-state index in [4.69, 9.17) is 44.9 Å². The van der Waals surface area contributed by atoms with Crippen molar-refractivity contribution in [2.24, 2.45) is 5.10 Å². The molecule has 0 saturated heterocycles. The molecule has 0 atom stereocenters. The summed E-state index contributed by atoms with van der Waals surface area (Å²) in [5.41, 5.74) is 1.41. The van der Waals surface area contributed by atoms with Crippen molar-refractivity contribution >= 4 is 41.6 Å². The molecule has 0 amide bonds. The Kier molecular flexibility index (Phi) is 6.15. The number of nitrogens with one attached hydrogen (secondary N) is 1. The maximum atomic E-state index is 6.23. The maximum absolute atomic E-state index is 6.23.